The summed E-state index contributed by atoms with van der Waals surface area (Å²) >= 11 is 1.68. The maximum absolute atomic E-state index is 12.8. The van der Waals surface area contributed by atoms with Gasteiger partial charge in [-0.3, -0.25) is 9.59 Å². The van der Waals surface area contributed by atoms with Gasteiger partial charge in [0.1, 0.15) is 6.04 Å². The van der Waals surface area contributed by atoms with Crippen molar-refractivity contribution in [1.82, 2.24) is 10.2 Å². The first-order chi connectivity index (χ1) is 13.2. The lowest BCUT2D eigenvalue weighted by molar-refractivity contribution is -0.141. The van der Waals surface area contributed by atoms with E-state index in [0.29, 0.717) is 18.2 Å². The Morgan fingerprint density at radius 2 is 1.93 bits per heavy atom. The van der Waals surface area contributed by atoms with Crippen molar-refractivity contribution in [3.8, 4) is 0 Å². The standard InChI is InChI=1S/C21H28N2O3S/c24-20(18-13-27-14-23(18)21(25)16-8-4-5-9-16)22-12-17-10-11-26-19(17)15-6-2-1-3-7-15/h1-3,6-7,16-19H,4-5,8-14H2,(H,22,24)/t17-,18?,19-/m1/s1. The van der Waals surface area contributed by atoms with Crippen LogP contribution in [0.4, 0.5) is 0 Å². The minimum absolute atomic E-state index is 0.00920. The predicted molar refractivity (Wildman–Crippen MR) is 106 cm³/mol. The zero-order valence-corrected chi connectivity index (χ0v) is 16.5. The Morgan fingerprint density at radius 1 is 1.15 bits per heavy atom. The summed E-state index contributed by atoms with van der Waals surface area (Å²) in [5, 5.41) is 3.12. The number of hydrogen-bond acceptors (Lipinski definition) is 4. The normalized spacial score (nSPS) is 28.6. The monoisotopic (exact) mass is 388 g/mol. The topological polar surface area (TPSA) is 58.6 Å². The zero-order valence-electron chi connectivity index (χ0n) is 15.6. The number of nitrogens with zero attached hydrogens (tertiary/aromatic N) is 1. The van der Waals surface area contributed by atoms with Gasteiger partial charge in [0.05, 0.1) is 12.0 Å². The van der Waals surface area contributed by atoms with E-state index in [1.165, 1.54) is 5.56 Å². The highest BCUT2D eigenvalue weighted by molar-refractivity contribution is 7.99. The molecule has 1 aliphatic carbocycles. The highest BCUT2D eigenvalue weighted by atomic mass is 32.2. The van der Waals surface area contributed by atoms with Crippen molar-refractivity contribution in [3.63, 3.8) is 0 Å². The second-order valence-corrected chi connectivity index (χ2v) is 8.80. The molecule has 5 nitrogen and oxygen atoms in total. The zero-order chi connectivity index (χ0) is 18.6. The van der Waals surface area contributed by atoms with Crippen LogP contribution in [0.15, 0.2) is 30.3 Å². The first-order valence-corrected chi connectivity index (χ1v) is 11.2. The average Bonchev–Trinajstić information content (AvgIpc) is 3.47. The van der Waals surface area contributed by atoms with Gasteiger partial charge in [-0.15, -0.1) is 11.8 Å². The third-order valence-electron chi connectivity index (χ3n) is 6.05. The van der Waals surface area contributed by atoms with Gasteiger partial charge in [-0.2, -0.15) is 0 Å². The van der Waals surface area contributed by atoms with Crippen LogP contribution in [-0.2, 0) is 14.3 Å². The van der Waals surface area contributed by atoms with Gasteiger partial charge in [0.15, 0.2) is 0 Å². The summed E-state index contributed by atoms with van der Waals surface area (Å²) in [5.41, 5.74) is 1.17. The molecule has 6 heteroatoms. The molecule has 0 spiro atoms. The summed E-state index contributed by atoms with van der Waals surface area (Å²) in [6, 6.07) is 9.90. The lowest BCUT2D eigenvalue weighted by atomic mass is 9.95. The van der Waals surface area contributed by atoms with Crippen molar-refractivity contribution in [2.45, 2.75) is 44.2 Å². The Labute approximate surface area is 165 Å². The van der Waals surface area contributed by atoms with Gasteiger partial charge in [-0.05, 0) is 24.8 Å². The molecule has 1 saturated carbocycles. The number of ether oxygens (including phenoxy) is 1. The molecule has 2 amide bonds. The molecule has 1 N–H and O–H groups in total. The van der Waals surface area contributed by atoms with Crippen LogP contribution in [0.3, 0.4) is 0 Å². The van der Waals surface area contributed by atoms with E-state index in [4.69, 9.17) is 4.74 Å². The molecule has 146 valence electrons. The van der Waals surface area contributed by atoms with E-state index < -0.39 is 0 Å². The lowest BCUT2D eigenvalue weighted by Gasteiger charge is -2.26. The smallest absolute Gasteiger partial charge is 0.243 e. The van der Waals surface area contributed by atoms with Crippen LogP contribution in [-0.4, -0.2) is 47.5 Å². The maximum atomic E-state index is 12.8. The largest absolute Gasteiger partial charge is 0.373 e. The maximum Gasteiger partial charge on any atom is 0.243 e. The Balaban J connectivity index is 1.33. The number of carbonyl (C=O) groups excluding carboxylic acids is 2. The summed E-state index contributed by atoms with van der Waals surface area (Å²) < 4.78 is 5.92. The molecule has 1 aromatic rings. The first kappa shape index (κ1) is 18.8. The van der Waals surface area contributed by atoms with Crippen molar-refractivity contribution in [1.29, 1.82) is 0 Å². The van der Waals surface area contributed by atoms with Crippen molar-refractivity contribution in [3.05, 3.63) is 35.9 Å². The van der Waals surface area contributed by atoms with Crippen LogP contribution in [0.2, 0.25) is 0 Å². The molecular formula is C21H28N2O3S. The van der Waals surface area contributed by atoms with Crippen LogP contribution in [0, 0.1) is 11.8 Å². The third kappa shape index (κ3) is 4.16. The molecule has 0 radical (unpaired) electrons. The highest BCUT2D eigenvalue weighted by Gasteiger charge is 2.39. The van der Waals surface area contributed by atoms with E-state index >= 15 is 0 Å². The number of carbonyl (C=O) groups is 2. The summed E-state index contributed by atoms with van der Waals surface area (Å²) in [7, 11) is 0. The molecule has 2 aliphatic heterocycles. The van der Waals surface area contributed by atoms with Crippen molar-refractivity contribution in [2.24, 2.45) is 11.8 Å². The fourth-order valence-corrected chi connectivity index (χ4v) is 5.65. The van der Waals surface area contributed by atoms with E-state index in [1.54, 1.807) is 11.8 Å². The summed E-state index contributed by atoms with van der Waals surface area (Å²) in [6.45, 7) is 1.33. The predicted octanol–water partition coefficient (Wildman–Crippen LogP) is 2.97. The van der Waals surface area contributed by atoms with Gasteiger partial charge in [-0.25, -0.2) is 0 Å². The molecule has 0 aromatic heterocycles. The Hall–Kier alpha value is -1.53. The number of nitrogens with one attached hydrogen (secondary N) is 1. The van der Waals surface area contributed by atoms with Crippen LogP contribution in [0.5, 0.6) is 0 Å². The van der Waals surface area contributed by atoms with Gasteiger partial charge in [0.2, 0.25) is 11.8 Å². The van der Waals surface area contributed by atoms with E-state index in [0.717, 1.165) is 38.7 Å². The van der Waals surface area contributed by atoms with E-state index in [-0.39, 0.29) is 35.8 Å². The quantitative estimate of drug-likeness (QED) is 0.843. The minimum Gasteiger partial charge on any atom is -0.373 e. The molecule has 2 heterocycles. The second-order valence-electron chi connectivity index (χ2n) is 7.80. The molecule has 3 atom stereocenters. The number of benzene rings is 1. The highest BCUT2D eigenvalue weighted by Crippen LogP contribution is 2.34. The Morgan fingerprint density at radius 3 is 2.70 bits per heavy atom. The molecule has 1 aromatic carbocycles. The SMILES string of the molecule is O=C(NC[C@H]1CCO[C@@H]1c1ccccc1)C1CSCN1C(=O)C1CCCC1. The summed E-state index contributed by atoms with van der Waals surface area (Å²) in [4.78, 5) is 27.4. The summed E-state index contributed by atoms with van der Waals surface area (Å²) in [5.74, 6) is 1.93. The molecular weight excluding hydrogens is 360 g/mol. The first-order valence-electron chi connectivity index (χ1n) is 10.1. The molecule has 3 fully saturated rings. The number of rotatable bonds is 5. The Bertz CT molecular complexity index is 663. The molecule has 2 saturated heterocycles. The molecule has 3 aliphatic rings. The van der Waals surface area contributed by atoms with Crippen LogP contribution >= 0.6 is 11.8 Å². The van der Waals surface area contributed by atoms with Gasteiger partial charge >= 0.3 is 0 Å². The van der Waals surface area contributed by atoms with E-state index in [9.17, 15) is 9.59 Å². The van der Waals surface area contributed by atoms with Crippen LogP contribution in [0.1, 0.15) is 43.8 Å². The van der Waals surface area contributed by atoms with Gasteiger partial charge < -0.3 is 15.0 Å². The van der Waals surface area contributed by atoms with Crippen LogP contribution < -0.4 is 5.32 Å². The lowest BCUT2D eigenvalue weighted by Crippen LogP contribution is -2.49. The summed E-state index contributed by atoms with van der Waals surface area (Å²) in [6.07, 6.45) is 5.22. The third-order valence-corrected chi connectivity index (χ3v) is 7.07. The van der Waals surface area contributed by atoms with Gasteiger partial charge in [0, 0.05) is 30.7 Å². The van der Waals surface area contributed by atoms with E-state index in [1.807, 2.05) is 23.1 Å². The number of thioether (sulfide) groups is 1. The fourth-order valence-electron chi connectivity index (χ4n) is 4.49. The van der Waals surface area contributed by atoms with Crippen molar-refractivity contribution < 1.29 is 14.3 Å². The average molecular weight is 389 g/mol. The molecule has 0 bridgehead atoms. The van der Waals surface area contributed by atoms with Crippen molar-refractivity contribution in [2.75, 3.05) is 24.8 Å². The number of hydrogen-bond donors (Lipinski definition) is 1. The number of amides is 2. The second kappa shape index (κ2) is 8.65. The molecule has 27 heavy (non-hydrogen) atoms. The van der Waals surface area contributed by atoms with E-state index in [2.05, 4.69) is 17.4 Å². The fraction of sp³-hybridized carbons (Fsp3) is 0.619. The van der Waals surface area contributed by atoms with Gasteiger partial charge in [-0.1, -0.05) is 43.2 Å². The Kier molecular flexibility index (Phi) is 6.03. The molecule has 1 unspecified atom stereocenters. The van der Waals surface area contributed by atoms with Crippen LogP contribution in [0.25, 0.3) is 0 Å². The molecule has 4 rings (SSSR count). The van der Waals surface area contributed by atoms with Crippen molar-refractivity contribution >= 4 is 23.6 Å². The van der Waals surface area contributed by atoms with Gasteiger partial charge in [0.25, 0.3) is 0 Å². The minimum atomic E-state index is -0.319.